The maximum atomic E-state index is 9.85. The van der Waals surface area contributed by atoms with Gasteiger partial charge in [-0.3, -0.25) is 0 Å². The molecule has 5 rings (SSSR count). The maximum absolute atomic E-state index is 9.85. The van der Waals surface area contributed by atoms with Gasteiger partial charge in [0.25, 0.3) is 0 Å². The Morgan fingerprint density at radius 2 is 2.00 bits per heavy atom. The van der Waals surface area contributed by atoms with Crippen molar-refractivity contribution in [2.75, 3.05) is 5.32 Å². The highest BCUT2D eigenvalue weighted by atomic mass is 16.5. The number of phenols is 1. The third kappa shape index (κ3) is 2.38. The van der Waals surface area contributed by atoms with Crippen LogP contribution < -0.4 is 10.1 Å². The second-order valence-corrected chi connectivity index (χ2v) is 7.00. The molecule has 5 nitrogen and oxygen atoms in total. The van der Waals surface area contributed by atoms with Crippen molar-refractivity contribution in [3.05, 3.63) is 54.4 Å². The number of fused-ring (bicyclic) bond motifs is 2. The summed E-state index contributed by atoms with van der Waals surface area (Å²) in [7, 11) is 0. The van der Waals surface area contributed by atoms with E-state index in [4.69, 9.17) is 4.74 Å². The molecule has 1 unspecified atom stereocenters. The van der Waals surface area contributed by atoms with Crippen LogP contribution in [0, 0.1) is 0 Å². The van der Waals surface area contributed by atoms with Crippen molar-refractivity contribution in [1.82, 2.24) is 9.97 Å². The zero-order valence-electron chi connectivity index (χ0n) is 13.8. The Bertz CT molecular complexity index is 953. The van der Waals surface area contributed by atoms with Gasteiger partial charge in [-0.25, -0.2) is 9.97 Å². The fraction of sp³-hybridized carbons (Fsp3) is 0.300. The Morgan fingerprint density at radius 3 is 2.84 bits per heavy atom. The summed E-state index contributed by atoms with van der Waals surface area (Å²) in [6, 6.07) is 13.5. The van der Waals surface area contributed by atoms with Gasteiger partial charge in [0.2, 0.25) is 0 Å². The van der Waals surface area contributed by atoms with Crippen molar-refractivity contribution < 1.29 is 9.84 Å². The summed E-state index contributed by atoms with van der Waals surface area (Å²) >= 11 is 0. The lowest BCUT2D eigenvalue weighted by Crippen LogP contribution is -2.48. The van der Waals surface area contributed by atoms with E-state index in [1.807, 2.05) is 24.3 Å². The van der Waals surface area contributed by atoms with Crippen LogP contribution in [0.3, 0.4) is 0 Å². The number of anilines is 1. The molecule has 5 heteroatoms. The summed E-state index contributed by atoms with van der Waals surface area (Å²) in [6.45, 7) is 0. The lowest BCUT2D eigenvalue weighted by Gasteiger charge is -2.48. The number of aromatic nitrogens is 2. The minimum Gasteiger partial charge on any atom is -0.508 e. The Kier molecular flexibility index (Phi) is 3.10. The number of hydrogen-bond acceptors (Lipinski definition) is 5. The number of benzene rings is 2. The standard InChI is InChI=1S/C20H19N3O2/c24-13-6-7-16-15(10-13)19(22-12-21-16)23-17-11-20(8-3-9-20)25-18-5-2-1-4-14(17)18/h1-2,4-7,10,12,17,24H,3,8-9,11H2,(H,21,22,23). The van der Waals surface area contributed by atoms with Crippen LogP contribution >= 0.6 is 0 Å². The van der Waals surface area contributed by atoms with E-state index in [1.54, 1.807) is 18.5 Å². The van der Waals surface area contributed by atoms with Gasteiger partial charge in [0.1, 0.15) is 29.2 Å². The van der Waals surface area contributed by atoms with Gasteiger partial charge in [0.15, 0.2) is 0 Å². The second kappa shape index (κ2) is 5.34. The molecule has 1 aromatic heterocycles. The van der Waals surface area contributed by atoms with Crippen molar-refractivity contribution >= 4 is 16.7 Å². The van der Waals surface area contributed by atoms with Gasteiger partial charge in [-0.1, -0.05) is 18.2 Å². The van der Waals surface area contributed by atoms with Crippen molar-refractivity contribution in [1.29, 1.82) is 0 Å². The Labute approximate surface area is 145 Å². The SMILES string of the molecule is Oc1ccc2ncnc(NC3CC4(CCC4)Oc4ccccc43)c2c1. The average molecular weight is 333 g/mol. The molecule has 2 heterocycles. The van der Waals surface area contributed by atoms with E-state index in [1.165, 1.54) is 6.42 Å². The minimum absolute atomic E-state index is 0.0446. The van der Waals surface area contributed by atoms with E-state index >= 15 is 0 Å². The lowest BCUT2D eigenvalue weighted by atomic mass is 9.73. The molecule has 126 valence electrons. The highest BCUT2D eigenvalue weighted by Crippen LogP contribution is 2.49. The highest BCUT2D eigenvalue weighted by molar-refractivity contribution is 5.90. The lowest BCUT2D eigenvalue weighted by molar-refractivity contribution is -0.0309. The number of ether oxygens (including phenoxy) is 1. The van der Waals surface area contributed by atoms with Crippen molar-refractivity contribution in [3.63, 3.8) is 0 Å². The first-order valence-corrected chi connectivity index (χ1v) is 8.71. The van der Waals surface area contributed by atoms with Crippen LogP contribution in [0.5, 0.6) is 11.5 Å². The first-order valence-electron chi connectivity index (χ1n) is 8.71. The molecular formula is C20H19N3O2. The molecule has 1 aliphatic carbocycles. The predicted octanol–water partition coefficient (Wildman–Crippen LogP) is 4.19. The van der Waals surface area contributed by atoms with Gasteiger partial charge in [-0.15, -0.1) is 0 Å². The average Bonchev–Trinajstić information content (AvgIpc) is 2.61. The molecule has 3 aromatic rings. The van der Waals surface area contributed by atoms with Gasteiger partial charge in [-0.2, -0.15) is 0 Å². The van der Waals surface area contributed by atoms with Crippen LogP contribution in [0.1, 0.15) is 37.3 Å². The van der Waals surface area contributed by atoms with E-state index in [2.05, 4.69) is 21.4 Å². The minimum atomic E-state index is -0.0446. The van der Waals surface area contributed by atoms with Crippen LogP contribution in [0.15, 0.2) is 48.8 Å². The molecule has 1 spiro atoms. The second-order valence-electron chi connectivity index (χ2n) is 7.00. The summed E-state index contributed by atoms with van der Waals surface area (Å²) in [5.74, 6) is 1.93. The molecule has 0 radical (unpaired) electrons. The van der Waals surface area contributed by atoms with Gasteiger partial charge < -0.3 is 15.2 Å². The first-order chi connectivity index (χ1) is 12.2. The van der Waals surface area contributed by atoms with Crippen molar-refractivity contribution in [3.8, 4) is 11.5 Å². The van der Waals surface area contributed by atoms with E-state index in [0.29, 0.717) is 0 Å². The molecule has 1 atom stereocenters. The summed E-state index contributed by atoms with van der Waals surface area (Å²) < 4.78 is 6.32. The van der Waals surface area contributed by atoms with Crippen LogP contribution in [-0.2, 0) is 0 Å². The van der Waals surface area contributed by atoms with Gasteiger partial charge in [0.05, 0.1) is 11.6 Å². The summed E-state index contributed by atoms with van der Waals surface area (Å²) in [4.78, 5) is 8.72. The first kappa shape index (κ1) is 14.5. The molecule has 25 heavy (non-hydrogen) atoms. The Balaban J connectivity index is 1.56. The number of hydrogen-bond donors (Lipinski definition) is 2. The largest absolute Gasteiger partial charge is 0.508 e. The predicted molar refractivity (Wildman–Crippen MR) is 95.8 cm³/mol. The number of aromatic hydroxyl groups is 1. The van der Waals surface area contributed by atoms with Crippen molar-refractivity contribution in [2.24, 2.45) is 0 Å². The normalized spacial score (nSPS) is 20.6. The van der Waals surface area contributed by atoms with Gasteiger partial charge in [0, 0.05) is 17.4 Å². The smallest absolute Gasteiger partial charge is 0.137 e. The number of nitrogens with one attached hydrogen (secondary N) is 1. The molecule has 0 bridgehead atoms. The molecule has 2 aromatic carbocycles. The third-order valence-electron chi connectivity index (χ3n) is 5.39. The van der Waals surface area contributed by atoms with E-state index in [0.717, 1.165) is 47.3 Å². The molecular weight excluding hydrogens is 314 g/mol. The summed E-state index contributed by atoms with van der Waals surface area (Å²) in [5, 5.41) is 14.3. The molecule has 2 N–H and O–H groups in total. The van der Waals surface area contributed by atoms with Crippen LogP contribution in [0.25, 0.3) is 10.9 Å². The molecule has 1 aliphatic heterocycles. The van der Waals surface area contributed by atoms with Gasteiger partial charge >= 0.3 is 0 Å². The fourth-order valence-electron chi connectivity index (χ4n) is 3.95. The summed E-state index contributed by atoms with van der Waals surface area (Å²) in [6.07, 6.45) is 5.91. The monoisotopic (exact) mass is 333 g/mol. The summed E-state index contributed by atoms with van der Waals surface area (Å²) in [5.41, 5.74) is 1.93. The number of para-hydroxylation sites is 1. The van der Waals surface area contributed by atoms with Crippen LogP contribution in [-0.4, -0.2) is 20.7 Å². The maximum Gasteiger partial charge on any atom is 0.137 e. The molecule has 2 aliphatic rings. The quantitative estimate of drug-likeness (QED) is 0.736. The Hall–Kier alpha value is -2.82. The molecule has 0 saturated heterocycles. The van der Waals surface area contributed by atoms with E-state index in [-0.39, 0.29) is 17.4 Å². The Morgan fingerprint density at radius 1 is 1.12 bits per heavy atom. The number of nitrogens with zero attached hydrogens (tertiary/aromatic N) is 2. The van der Waals surface area contributed by atoms with Crippen molar-refractivity contribution in [2.45, 2.75) is 37.3 Å². The van der Waals surface area contributed by atoms with Crippen LogP contribution in [0.4, 0.5) is 5.82 Å². The van der Waals surface area contributed by atoms with E-state index < -0.39 is 0 Å². The molecule has 1 fully saturated rings. The van der Waals surface area contributed by atoms with Gasteiger partial charge in [-0.05, 0) is 43.5 Å². The molecule has 0 amide bonds. The zero-order chi connectivity index (χ0) is 16.9. The number of rotatable bonds is 2. The topological polar surface area (TPSA) is 67.3 Å². The highest BCUT2D eigenvalue weighted by Gasteiger charge is 2.45. The fourth-order valence-corrected chi connectivity index (χ4v) is 3.95. The third-order valence-corrected chi connectivity index (χ3v) is 5.39. The zero-order valence-corrected chi connectivity index (χ0v) is 13.8. The van der Waals surface area contributed by atoms with Crippen LogP contribution in [0.2, 0.25) is 0 Å². The van der Waals surface area contributed by atoms with E-state index in [9.17, 15) is 5.11 Å². The molecule has 1 saturated carbocycles. The number of phenolic OH excluding ortho intramolecular Hbond substituents is 1.